The number of amides is 1. The Labute approximate surface area is 167 Å². The maximum atomic E-state index is 13.1. The van der Waals surface area contributed by atoms with Gasteiger partial charge in [-0.3, -0.25) is 14.9 Å². The van der Waals surface area contributed by atoms with Gasteiger partial charge in [0.25, 0.3) is 11.6 Å². The van der Waals surface area contributed by atoms with Gasteiger partial charge < -0.3 is 19.3 Å². The molecule has 148 valence electrons. The summed E-state index contributed by atoms with van der Waals surface area (Å²) < 4.78 is 10.6. The van der Waals surface area contributed by atoms with Crippen LogP contribution in [0.15, 0.2) is 36.4 Å². The molecule has 9 heteroatoms. The van der Waals surface area contributed by atoms with E-state index < -0.39 is 4.92 Å². The van der Waals surface area contributed by atoms with Crippen molar-refractivity contribution in [1.29, 1.82) is 0 Å². The molecule has 2 aromatic carbocycles. The van der Waals surface area contributed by atoms with Gasteiger partial charge in [-0.15, -0.1) is 0 Å². The summed E-state index contributed by atoms with van der Waals surface area (Å²) in [6, 6.07) is 9.78. The number of nitrogens with zero attached hydrogens (tertiary/aromatic N) is 3. The van der Waals surface area contributed by atoms with Crippen LogP contribution in [0, 0.1) is 10.1 Å². The fourth-order valence-corrected chi connectivity index (χ4v) is 3.61. The van der Waals surface area contributed by atoms with Crippen molar-refractivity contribution in [3.8, 4) is 11.5 Å². The van der Waals surface area contributed by atoms with E-state index in [0.29, 0.717) is 54.0 Å². The molecular weight excluding hydrogens is 386 g/mol. The van der Waals surface area contributed by atoms with Crippen LogP contribution in [-0.2, 0) is 0 Å². The van der Waals surface area contributed by atoms with E-state index in [-0.39, 0.29) is 11.6 Å². The van der Waals surface area contributed by atoms with E-state index in [0.717, 1.165) is 0 Å². The molecule has 0 unspecified atom stereocenters. The number of ether oxygens (including phenoxy) is 2. The van der Waals surface area contributed by atoms with E-state index in [9.17, 15) is 14.9 Å². The summed E-state index contributed by atoms with van der Waals surface area (Å²) in [5.74, 6) is 0.671. The van der Waals surface area contributed by atoms with Crippen LogP contribution in [0.4, 0.5) is 11.4 Å². The van der Waals surface area contributed by atoms with Crippen LogP contribution in [0.2, 0.25) is 5.02 Å². The quantitative estimate of drug-likeness (QED) is 0.560. The van der Waals surface area contributed by atoms with Crippen molar-refractivity contribution in [2.75, 3.05) is 45.3 Å². The lowest BCUT2D eigenvalue weighted by Crippen LogP contribution is -2.49. The molecule has 8 nitrogen and oxygen atoms in total. The molecule has 28 heavy (non-hydrogen) atoms. The molecule has 0 radical (unpaired) electrons. The number of nitro groups is 1. The lowest BCUT2D eigenvalue weighted by molar-refractivity contribution is -0.384. The predicted molar refractivity (Wildman–Crippen MR) is 106 cm³/mol. The molecule has 3 rings (SSSR count). The Morgan fingerprint density at radius 3 is 2.14 bits per heavy atom. The first-order valence-corrected chi connectivity index (χ1v) is 9.03. The molecule has 2 aromatic rings. The van der Waals surface area contributed by atoms with Gasteiger partial charge in [0.1, 0.15) is 22.7 Å². The van der Waals surface area contributed by atoms with Crippen molar-refractivity contribution >= 4 is 28.9 Å². The number of carbonyl (C=O) groups excluding carboxylic acids is 1. The van der Waals surface area contributed by atoms with Gasteiger partial charge >= 0.3 is 0 Å². The van der Waals surface area contributed by atoms with Gasteiger partial charge in [0, 0.05) is 32.2 Å². The van der Waals surface area contributed by atoms with E-state index in [2.05, 4.69) is 0 Å². The third-order valence-corrected chi connectivity index (χ3v) is 4.99. The van der Waals surface area contributed by atoms with Crippen molar-refractivity contribution in [2.24, 2.45) is 0 Å². The normalized spacial score (nSPS) is 14.0. The molecule has 0 atom stereocenters. The Kier molecular flexibility index (Phi) is 5.89. The fraction of sp³-hybridized carbons (Fsp3) is 0.316. The van der Waals surface area contributed by atoms with Crippen LogP contribution in [0.1, 0.15) is 10.4 Å². The van der Waals surface area contributed by atoms with Crippen LogP contribution in [0.5, 0.6) is 11.5 Å². The first-order chi connectivity index (χ1) is 13.5. The van der Waals surface area contributed by atoms with Crippen LogP contribution >= 0.6 is 11.6 Å². The second-order valence-electron chi connectivity index (χ2n) is 6.18. The number of benzene rings is 2. The van der Waals surface area contributed by atoms with Crippen molar-refractivity contribution < 1.29 is 19.2 Å². The Hall–Kier alpha value is -3.00. The molecule has 0 bridgehead atoms. The number of methoxy groups -OCH3 is 2. The van der Waals surface area contributed by atoms with Crippen LogP contribution < -0.4 is 14.4 Å². The number of halogens is 1. The average molecular weight is 406 g/mol. The summed E-state index contributed by atoms with van der Waals surface area (Å²) in [4.78, 5) is 27.5. The first kappa shape index (κ1) is 19.8. The molecule has 0 N–H and O–H groups in total. The van der Waals surface area contributed by atoms with E-state index in [1.54, 1.807) is 35.2 Å². The third kappa shape index (κ3) is 3.68. The standard InChI is InChI=1S/C19H20ClN3O5/c1-27-15-7-4-8-16(28-2)17(15)19(24)22-11-9-21(10-12-22)18-13(20)5-3-6-14(18)23(25)26/h3-8H,9-12H2,1-2H3. The number of anilines is 1. The molecule has 1 heterocycles. The molecule has 0 aromatic heterocycles. The van der Waals surface area contributed by atoms with Crippen molar-refractivity contribution in [3.63, 3.8) is 0 Å². The highest BCUT2D eigenvalue weighted by Gasteiger charge is 2.30. The second-order valence-corrected chi connectivity index (χ2v) is 6.59. The zero-order valence-corrected chi connectivity index (χ0v) is 16.3. The topological polar surface area (TPSA) is 85.2 Å². The predicted octanol–water partition coefficient (Wildman–Crippen LogP) is 3.23. The van der Waals surface area contributed by atoms with Gasteiger partial charge in [-0.1, -0.05) is 23.7 Å². The molecule has 1 amide bonds. The maximum absolute atomic E-state index is 13.1. The Morgan fingerprint density at radius 1 is 1.04 bits per heavy atom. The van der Waals surface area contributed by atoms with Gasteiger partial charge in [-0.25, -0.2) is 0 Å². The summed E-state index contributed by atoms with van der Waals surface area (Å²) in [7, 11) is 3.00. The number of rotatable bonds is 5. The highest BCUT2D eigenvalue weighted by atomic mass is 35.5. The monoisotopic (exact) mass is 405 g/mol. The minimum Gasteiger partial charge on any atom is -0.496 e. The van der Waals surface area contributed by atoms with E-state index in [4.69, 9.17) is 21.1 Å². The molecule has 1 saturated heterocycles. The molecule has 0 saturated carbocycles. The number of carbonyl (C=O) groups is 1. The Bertz CT molecular complexity index is 875. The minimum atomic E-state index is -0.446. The average Bonchev–Trinajstić information content (AvgIpc) is 2.72. The molecule has 0 spiro atoms. The number of piperazine rings is 1. The Morgan fingerprint density at radius 2 is 1.61 bits per heavy atom. The SMILES string of the molecule is COc1cccc(OC)c1C(=O)N1CCN(c2c(Cl)cccc2[N+](=O)[O-])CC1. The molecule has 1 aliphatic rings. The first-order valence-electron chi connectivity index (χ1n) is 8.66. The highest BCUT2D eigenvalue weighted by Crippen LogP contribution is 2.36. The fourth-order valence-electron chi connectivity index (χ4n) is 3.32. The lowest BCUT2D eigenvalue weighted by Gasteiger charge is -2.36. The third-order valence-electron chi connectivity index (χ3n) is 4.69. The van der Waals surface area contributed by atoms with Gasteiger partial charge in [0.15, 0.2) is 0 Å². The largest absolute Gasteiger partial charge is 0.496 e. The molecule has 0 aliphatic carbocycles. The summed E-state index contributed by atoms with van der Waals surface area (Å²) in [6.07, 6.45) is 0. The van der Waals surface area contributed by atoms with Crippen molar-refractivity contribution in [3.05, 3.63) is 57.1 Å². The number of hydrogen-bond acceptors (Lipinski definition) is 6. The molecule has 1 fully saturated rings. The second kappa shape index (κ2) is 8.35. The zero-order valence-electron chi connectivity index (χ0n) is 15.6. The van der Waals surface area contributed by atoms with Crippen LogP contribution in [0.25, 0.3) is 0 Å². The Balaban J connectivity index is 1.81. The van der Waals surface area contributed by atoms with Crippen molar-refractivity contribution in [1.82, 2.24) is 4.90 Å². The van der Waals surface area contributed by atoms with E-state index in [1.807, 2.05) is 4.90 Å². The molecular formula is C19H20ClN3O5. The maximum Gasteiger partial charge on any atom is 0.294 e. The molecule has 1 aliphatic heterocycles. The number of para-hydroxylation sites is 1. The zero-order chi connectivity index (χ0) is 20.3. The van der Waals surface area contributed by atoms with E-state index >= 15 is 0 Å². The summed E-state index contributed by atoms with van der Waals surface area (Å²) in [5.41, 5.74) is 0.708. The van der Waals surface area contributed by atoms with Gasteiger partial charge in [-0.05, 0) is 18.2 Å². The summed E-state index contributed by atoms with van der Waals surface area (Å²) >= 11 is 6.22. The minimum absolute atomic E-state index is 0.0429. The lowest BCUT2D eigenvalue weighted by atomic mass is 10.1. The smallest absolute Gasteiger partial charge is 0.294 e. The van der Waals surface area contributed by atoms with Crippen LogP contribution in [0.3, 0.4) is 0 Å². The highest BCUT2D eigenvalue weighted by molar-refractivity contribution is 6.33. The van der Waals surface area contributed by atoms with Crippen molar-refractivity contribution in [2.45, 2.75) is 0 Å². The number of hydrogen-bond donors (Lipinski definition) is 0. The van der Waals surface area contributed by atoms with Gasteiger partial charge in [0.05, 0.1) is 24.2 Å². The summed E-state index contributed by atoms with van der Waals surface area (Å²) in [6.45, 7) is 1.63. The number of nitro benzene ring substituents is 1. The van der Waals surface area contributed by atoms with Gasteiger partial charge in [-0.2, -0.15) is 0 Å². The van der Waals surface area contributed by atoms with Gasteiger partial charge in [0.2, 0.25) is 0 Å². The summed E-state index contributed by atoms with van der Waals surface area (Å²) in [5, 5.41) is 11.7. The van der Waals surface area contributed by atoms with Crippen LogP contribution in [-0.4, -0.2) is 56.1 Å². The van der Waals surface area contributed by atoms with E-state index in [1.165, 1.54) is 20.3 Å².